The third-order valence-corrected chi connectivity index (χ3v) is 5.96. The van der Waals surface area contributed by atoms with Crippen LogP contribution in [0.1, 0.15) is 26.4 Å². The maximum atomic E-state index is 13.1. The topological polar surface area (TPSA) is 64.0 Å². The number of carbonyl (C=O) groups excluding carboxylic acids is 1. The normalized spacial score (nSPS) is 10.9. The number of para-hydroxylation sites is 1. The van der Waals surface area contributed by atoms with Crippen LogP contribution in [0.15, 0.2) is 65.7 Å². The number of hydrogen-bond donors (Lipinski definition) is 1. The van der Waals surface area contributed by atoms with Crippen molar-refractivity contribution in [3.63, 3.8) is 0 Å². The van der Waals surface area contributed by atoms with Crippen molar-refractivity contribution in [1.29, 1.82) is 0 Å². The van der Waals surface area contributed by atoms with E-state index in [9.17, 15) is 9.59 Å². The highest BCUT2D eigenvalue weighted by molar-refractivity contribution is 7.20. The maximum absolute atomic E-state index is 13.1. The Kier molecular flexibility index (Phi) is 4.79. The Bertz CT molecular complexity index is 1230. The zero-order valence-electron chi connectivity index (χ0n) is 15.6. The highest BCUT2D eigenvalue weighted by Crippen LogP contribution is 2.27. The zero-order valence-corrected chi connectivity index (χ0v) is 16.4. The van der Waals surface area contributed by atoms with E-state index in [0.29, 0.717) is 32.9 Å². The Morgan fingerprint density at radius 2 is 1.79 bits per heavy atom. The van der Waals surface area contributed by atoms with Crippen LogP contribution in [0.2, 0.25) is 0 Å². The first kappa shape index (κ1) is 18.1. The van der Waals surface area contributed by atoms with Crippen LogP contribution in [0.25, 0.3) is 10.2 Å². The van der Waals surface area contributed by atoms with E-state index >= 15 is 0 Å². The Hall–Kier alpha value is -3.25. The number of thiophene rings is 1. The van der Waals surface area contributed by atoms with Crippen LogP contribution in [-0.4, -0.2) is 15.5 Å². The molecule has 4 aromatic rings. The van der Waals surface area contributed by atoms with Crippen molar-refractivity contribution in [3.8, 4) is 0 Å². The van der Waals surface area contributed by atoms with Crippen LogP contribution >= 0.6 is 11.3 Å². The molecule has 4 rings (SSSR count). The largest absolute Gasteiger partial charge is 0.321 e. The molecule has 6 heteroatoms. The molecular formula is C22H19N3O2S. The number of carbonyl (C=O) groups is 1. The van der Waals surface area contributed by atoms with Crippen molar-refractivity contribution in [2.75, 3.05) is 5.32 Å². The van der Waals surface area contributed by atoms with E-state index < -0.39 is 0 Å². The van der Waals surface area contributed by atoms with E-state index in [1.165, 1.54) is 11.3 Å². The molecule has 0 radical (unpaired) electrons. The molecule has 140 valence electrons. The molecule has 0 saturated heterocycles. The molecule has 0 spiro atoms. The van der Waals surface area contributed by atoms with E-state index in [2.05, 4.69) is 10.3 Å². The van der Waals surface area contributed by atoms with Crippen molar-refractivity contribution in [2.45, 2.75) is 20.4 Å². The molecule has 0 atom stereocenters. The van der Waals surface area contributed by atoms with Crippen LogP contribution < -0.4 is 10.9 Å². The Balaban J connectivity index is 1.71. The molecule has 0 fully saturated rings. The van der Waals surface area contributed by atoms with Crippen LogP contribution in [0.4, 0.5) is 5.69 Å². The summed E-state index contributed by atoms with van der Waals surface area (Å²) in [6, 6.07) is 17.2. The van der Waals surface area contributed by atoms with Crippen LogP contribution in [0.3, 0.4) is 0 Å². The number of aromatic nitrogens is 2. The number of hydrogen-bond acceptors (Lipinski definition) is 4. The van der Waals surface area contributed by atoms with Crippen LogP contribution in [-0.2, 0) is 6.54 Å². The van der Waals surface area contributed by atoms with Gasteiger partial charge in [0.05, 0.1) is 23.1 Å². The summed E-state index contributed by atoms with van der Waals surface area (Å²) in [4.78, 5) is 31.3. The number of aryl methyl sites for hydroxylation is 2. The average Bonchev–Trinajstić information content (AvgIpc) is 3.04. The van der Waals surface area contributed by atoms with Gasteiger partial charge in [0, 0.05) is 5.69 Å². The van der Waals surface area contributed by atoms with E-state index in [1.807, 2.05) is 61.5 Å². The van der Waals surface area contributed by atoms with Gasteiger partial charge in [0.1, 0.15) is 4.83 Å². The number of nitrogens with one attached hydrogen (secondary N) is 1. The Labute approximate surface area is 166 Å². The van der Waals surface area contributed by atoms with Crippen molar-refractivity contribution in [1.82, 2.24) is 9.55 Å². The summed E-state index contributed by atoms with van der Waals surface area (Å²) in [6.45, 7) is 4.28. The van der Waals surface area contributed by atoms with Gasteiger partial charge in [-0.25, -0.2) is 4.98 Å². The number of fused-ring (bicyclic) bond motifs is 1. The molecule has 28 heavy (non-hydrogen) atoms. The van der Waals surface area contributed by atoms with E-state index in [0.717, 1.165) is 11.1 Å². The molecule has 5 nitrogen and oxygen atoms in total. The van der Waals surface area contributed by atoms with Crippen LogP contribution in [0.5, 0.6) is 0 Å². The van der Waals surface area contributed by atoms with Gasteiger partial charge >= 0.3 is 0 Å². The molecule has 1 amide bonds. The summed E-state index contributed by atoms with van der Waals surface area (Å²) >= 11 is 1.25. The molecule has 1 N–H and O–H groups in total. The number of amides is 1. The number of anilines is 1. The lowest BCUT2D eigenvalue weighted by Gasteiger charge is -2.08. The van der Waals surface area contributed by atoms with Crippen LogP contribution in [0, 0.1) is 13.8 Å². The second-order valence-corrected chi connectivity index (χ2v) is 7.66. The number of benzene rings is 2. The van der Waals surface area contributed by atoms with Crippen molar-refractivity contribution in [3.05, 3.63) is 92.8 Å². The van der Waals surface area contributed by atoms with Gasteiger partial charge in [-0.05, 0) is 42.7 Å². The lowest BCUT2D eigenvalue weighted by Crippen LogP contribution is -2.21. The fourth-order valence-electron chi connectivity index (χ4n) is 3.17. The van der Waals surface area contributed by atoms with Gasteiger partial charge < -0.3 is 5.32 Å². The minimum atomic E-state index is -0.225. The van der Waals surface area contributed by atoms with Gasteiger partial charge in [-0.15, -0.1) is 11.3 Å². The SMILES string of the molecule is Cc1ccccc1Cn1cnc2sc(C(=O)Nc3ccccc3)c(C)c2c1=O. The maximum Gasteiger partial charge on any atom is 0.266 e. The average molecular weight is 389 g/mol. The molecule has 0 aliphatic rings. The first-order valence-corrected chi connectivity index (χ1v) is 9.75. The number of nitrogens with zero attached hydrogens (tertiary/aromatic N) is 2. The van der Waals surface area contributed by atoms with Gasteiger partial charge in [0.15, 0.2) is 0 Å². The summed E-state index contributed by atoms with van der Waals surface area (Å²) in [5.41, 5.74) is 3.46. The number of rotatable bonds is 4. The fourth-order valence-corrected chi connectivity index (χ4v) is 4.20. The first-order valence-electron chi connectivity index (χ1n) is 8.94. The smallest absolute Gasteiger partial charge is 0.266 e. The molecule has 0 aliphatic carbocycles. The minimum absolute atomic E-state index is 0.124. The third kappa shape index (κ3) is 3.34. The fraction of sp³-hybridized carbons (Fsp3) is 0.136. The molecule has 2 heterocycles. The summed E-state index contributed by atoms with van der Waals surface area (Å²) in [5, 5.41) is 3.39. The van der Waals surface area contributed by atoms with Crippen molar-refractivity contribution in [2.24, 2.45) is 0 Å². The molecule has 0 unspecified atom stereocenters. The van der Waals surface area contributed by atoms with Gasteiger partial charge in [-0.3, -0.25) is 14.2 Å². The summed E-state index contributed by atoms with van der Waals surface area (Å²) < 4.78 is 1.60. The van der Waals surface area contributed by atoms with E-state index in [4.69, 9.17) is 0 Å². The van der Waals surface area contributed by atoms with Gasteiger partial charge in [-0.2, -0.15) is 0 Å². The summed E-state index contributed by atoms with van der Waals surface area (Å²) in [7, 11) is 0. The molecular weight excluding hydrogens is 370 g/mol. The van der Waals surface area contributed by atoms with Gasteiger partial charge in [0.2, 0.25) is 0 Å². The zero-order chi connectivity index (χ0) is 19.7. The monoisotopic (exact) mass is 389 g/mol. The molecule has 2 aromatic carbocycles. The molecule has 0 saturated carbocycles. The molecule has 2 aromatic heterocycles. The highest BCUT2D eigenvalue weighted by Gasteiger charge is 2.19. The Morgan fingerprint density at radius 1 is 1.07 bits per heavy atom. The lowest BCUT2D eigenvalue weighted by atomic mass is 10.1. The predicted octanol–water partition coefficient (Wildman–Crippen LogP) is 4.38. The second-order valence-electron chi connectivity index (χ2n) is 6.66. The molecule has 0 aliphatic heterocycles. The third-order valence-electron chi connectivity index (χ3n) is 4.76. The van der Waals surface area contributed by atoms with Crippen molar-refractivity contribution < 1.29 is 4.79 Å². The van der Waals surface area contributed by atoms with E-state index in [-0.39, 0.29) is 11.5 Å². The minimum Gasteiger partial charge on any atom is -0.321 e. The quantitative estimate of drug-likeness (QED) is 0.563. The second kappa shape index (κ2) is 7.40. The standard InChI is InChI=1S/C22H19N3O2S/c1-14-8-6-7-9-16(14)12-25-13-23-21-18(22(25)27)15(2)19(28-21)20(26)24-17-10-4-3-5-11-17/h3-11,13H,12H2,1-2H3,(H,24,26). The van der Waals surface area contributed by atoms with Crippen molar-refractivity contribution >= 4 is 33.1 Å². The lowest BCUT2D eigenvalue weighted by molar-refractivity contribution is 0.103. The highest BCUT2D eigenvalue weighted by atomic mass is 32.1. The summed E-state index contributed by atoms with van der Waals surface area (Å²) in [6.07, 6.45) is 1.56. The van der Waals surface area contributed by atoms with Gasteiger partial charge in [-0.1, -0.05) is 42.5 Å². The van der Waals surface area contributed by atoms with Gasteiger partial charge in [0.25, 0.3) is 11.5 Å². The molecule has 0 bridgehead atoms. The Morgan fingerprint density at radius 3 is 2.54 bits per heavy atom. The van der Waals surface area contributed by atoms with E-state index in [1.54, 1.807) is 17.8 Å². The summed E-state index contributed by atoms with van der Waals surface area (Å²) in [5.74, 6) is -0.225. The first-order chi connectivity index (χ1) is 13.5. The predicted molar refractivity (Wildman–Crippen MR) is 113 cm³/mol.